The third kappa shape index (κ3) is 8.32. The predicted molar refractivity (Wildman–Crippen MR) is 212 cm³/mol. The van der Waals surface area contributed by atoms with Crippen LogP contribution in [0.15, 0.2) is 164 Å². The van der Waals surface area contributed by atoms with E-state index >= 15 is 0 Å². The average Bonchev–Trinajstić information content (AvgIpc) is 3.18. The molecule has 0 bridgehead atoms. The Morgan fingerprint density at radius 2 is 1.17 bits per heavy atom. The summed E-state index contributed by atoms with van der Waals surface area (Å²) in [5.74, 6) is 0. The van der Waals surface area contributed by atoms with Gasteiger partial charge in [0.15, 0.2) is 0 Å². The van der Waals surface area contributed by atoms with E-state index in [1.807, 2.05) is 61.2 Å². The van der Waals surface area contributed by atoms with E-state index < -0.39 is 0 Å². The van der Waals surface area contributed by atoms with E-state index in [0.717, 1.165) is 39.0 Å². The summed E-state index contributed by atoms with van der Waals surface area (Å²) in [6.07, 6.45) is 7.58. The molecule has 4 heteroatoms. The molecule has 0 saturated heterocycles. The van der Waals surface area contributed by atoms with Crippen molar-refractivity contribution in [2.24, 2.45) is 0 Å². The minimum Gasteiger partial charge on any atom is -0.305 e. The topological polar surface area (TPSA) is 38.7 Å². The molecule has 0 atom stereocenters. The molecule has 3 heterocycles. The zero-order chi connectivity index (χ0) is 35.2. The van der Waals surface area contributed by atoms with Crippen LogP contribution in [-0.4, -0.2) is 15.0 Å². The van der Waals surface area contributed by atoms with Crippen LogP contribution in [0, 0.1) is 19.1 Å². The van der Waals surface area contributed by atoms with Crippen LogP contribution >= 0.6 is 0 Å². The van der Waals surface area contributed by atoms with Gasteiger partial charge in [-0.05, 0) is 86.8 Å². The van der Waals surface area contributed by atoms with Gasteiger partial charge in [-0.1, -0.05) is 99.1 Å². The summed E-state index contributed by atoms with van der Waals surface area (Å²) >= 11 is 0. The van der Waals surface area contributed by atoms with Crippen molar-refractivity contribution < 1.29 is 20.1 Å². The number of nitrogens with zero attached hydrogens (tertiary/aromatic N) is 3. The van der Waals surface area contributed by atoms with E-state index in [1.165, 1.54) is 38.8 Å². The summed E-state index contributed by atoms with van der Waals surface area (Å²) in [6.45, 7) is 8.74. The molecule has 8 aromatic rings. The van der Waals surface area contributed by atoms with Gasteiger partial charge in [0, 0.05) is 50.3 Å². The summed E-state index contributed by atoms with van der Waals surface area (Å²) in [5.41, 5.74) is 13.6. The fraction of sp³-hybridized carbons (Fsp3) is 0.104. The Kier molecular flexibility index (Phi) is 11.3. The van der Waals surface area contributed by atoms with Crippen molar-refractivity contribution in [3.63, 3.8) is 0 Å². The molecular formula is C48H39IrN3-2. The fourth-order valence-electron chi connectivity index (χ4n) is 6.25. The summed E-state index contributed by atoms with van der Waals surface area (Å²) < 4.78 is 0. The van der Waals surface area contributed by atoms with E-state index in [2.05, 4.69) is 158 Å². The summed E-state index contributed by atoms with van der Waals surface area (Å²) in [4.78, 5) is 13.4. The molecular weight excluding hydrogens is 811 g/mol. The molecule has 0 fully saturated rings. The number of aryl methyl sites for hydroxylation is 1. The van der Waals surface area contributed by atoms with Gasteiger partial charge in [-0.25, -0.2) is 0 Å². The quantitative estimate of drug-likeness (QED) is 0.162. The van der Waals surface area contributed by atoms with Gasteiger partial charge in [0.1, 0.15) is 0 Å². The first kappa shape index (κ1) is 36.3. The maximum absolute atomic E-state index is 4.66. The van der Waals surface area contributed by atoms with Gasteiger partial charge in [0.25, 0.3) is 0 Å². The van der Waals surface area contributed by atoms with Crippen molar-refractivity contribution in [3.8, 4) is 55.9 Å². The van der Waals surface area contributed by atoms with Gasteiger partial charge in [0.2, 0.25) is 0 Å². The Balaban J connectivity index is 0.000000279. The summed E-state index contributed by atoms with van der Waals surface area (Å²) in [6, 6.07) is 54.9. The minimum absolute atomic E-state index is 0. The molecule has 3 aromatic heterocycles. The number of rotatable bonds is 5. The molecule has 0 aliphatic carbocycles. The number of aromatic nitrogens is 3. The minimum atomic E-state index is 0. The third-order valence-electron chi connectivity index (χ3n) is 9.01. The van der Waals surface area contributed by atoms with Crippen molar-refractivity contribution in [2.45, 2.75) is 33.1 Å². The van der Waals surface area contributed by atoms with Crippen LogP contribution in [0.25, 0.3) is 66.7 Å². The largest absolute Gasteiger partial charge is 0.305 e. The van der Waals surface area contributed by atoms with Crippen LogP contribution in [0.3, 0.4) is 0 Å². The molecule has 1 radical (unpaired) electrons. The number of benzene rings is 5. The van der Waals surface area contributed by atoms with E-state index in [1.54, 1.807) is 0 Å². The number of fused-ring (bicyclic) bond motifs is 1. The Bertz CT molecular complexity index is 2410. The Labute approximate surface area is 320 Å². The van der Waals surface area contributed by atoms with Gasteiger partial charge in [-0.15, -0.1) is 71.3 Å². The standard InChI is InChI=1S/C36H29N2.C12H10N.Ir/c1-36(2,3)30-17-20-38-35(23-30)29-14-8-13-28(22-29)32-16-15-31(33-18-19-37-24-34(32)33)27-12-7-11-26(21-27)25-9-5-4-6-10-25;1-10-7-8-13-12(9-10)11-5-3-2-4-6-11;/h4-13,15-24H,1-3H3;2-5,7-9H,1H3;/q2*-1;. The van der Waals surface area contributed by atoms with Crippen molar-refractivity contribution in [1.29, 1.82) is 0 Å². The first-order chi connectivity index (χ1) is 24.8. The normalized spacial score (nSPS) is 10.9. The molecule has 8 rings (SSSR count). The zero-order valence-corrected chi connectivity index (χ0v) is 32.2. The van der Waals surface area contributed by atoms with Crippen LogP contribution in [-0.2, 0) is 25.5 Å². The zero-order valence-electron chi connectivity index (χ0n) is 29.8. The molecule has 3 nitrogen and oxygen atoms in total. The molecule has 0 N–H and O–H groups in total. The monoisotopic (exact) mass is 850 g/mol. The van der Waals surface area contributed by atoms with Crippen LogP contribution < -0.4 is 0 Å². The average molecular weight is 850 g/mol. The van der Waals surface area contributed by atoms with Gasteiger partial charge in [-0.2, -0.15) is 0 Å². The SMILES string of the molecule is CC(C)(C)c1ccnc(-c2[c-]ccc(-c3ccc(-c4cccc(-c5ccccc5)c4)c4ccncc34)c2)c1.Cc1ccnc(-c2[c-]cccc2)c1.[Ir]. The molecule has 0 aliphatic rings. The Morgan fingerprint density at radius 1 is 0.500 bits per heavy atom. The molecule has 5 aromatic carbocycles. The molecule has 0 spiro atoms. The van der Waals surface area contributed by atoms with Crippen molar-refractivity contribution in [1.82, 2.24) is 15.0 Å². The number of hydrogen-bond acceptors (Lipinski definition) is 3. The van der Waals surface area contributed by atoms with Crippen LogP contribution in [0.5, 0.6) is 0 Å². The number of hydrogen-bond donors (Lipinski definition) is 0. The predicted octanol–water partition coefficient (Wildman–Crippen LogP) is 12.3. The Morgan fingerprint density at radius 3 is 1.92 bits per heavy atom. The van der Waals surface area contributed by atoms with Crippen molar-refractivity contribution in [2.75, 3.05) is 0 Å². The first-order valence-electron chi connectivity index (χ1n) is 17.2. The second kappa shape index (κ2) is 16.2. The molecule has 0 amide bonds. The number of pyridine rings is 3. The van der Waals surface area contributed by atoms with E-state index in [-0.39, 0.29) is 25.5 Å². The van der Waals surface area contributed by atoms with Gasteiger partial charge < -0.3 is 9.97 Å². The van der Waals surface area contributed by atoms with Crippen LogP contribution in [0.1, 0.15) is 31.9 Å². The summed E-state index contributed by atoms with van der Waals surface area (Å²) in [7, 11) is 0. The fourth-order valence-corrected chi connectivity index (χ4v) is 6.25. The molecule has 0 unspecified atom stereocenters. The summed E-state index contributed by atoms with van der Waals surface area (Å²) in [5, 5.41) is 2.31. The third-order valence-corrected chi connectivity index (χ3v) is 9.01. The second-order valence-corrected chi connectivity index (χ2v) is 13.7. The van der Waals surface area contributed by atoms with Gasteiger partial charge in [-0.3, -0.25) is 4.98 Å². The molecule has 52 heavy (non-hydrogen) atoms. The smallest absolute Gasteiger partial charge is 0.0352 e. The maximum atomic E-state index is 4.66. The molecule has 0 saturated carbocycles. The van der Waals surface area contributed by atoms with Crippen LogP contribution in [0.2, 0.25) is 0 Å². The second-order valence-electron chi connectivity index (χ2n) is 13.7. The van der Waals surface area contributed by atoms with Crippen molar-refractivity contribution >= 4 is 10.8 Å². The van der Waals surface area contributed by atoms with Crippen molar-refractivity contribution in [3.05, 3.63) is 188 Å². The molecule has 257 valence electrons. The molecule has 0 aliphatic heterocycles. The van der Waals surface area contributed by atoms with E-state index in [9.17, 15) is 0 Å². The van der Waals surface area contributed by atoms with Gasteiger partial charge >= 0.3 is 0 Å². The van der Waals surface area contributed by atoms with Crippen LogP contribution in [0.4, 0.5) is 0 Å². The van der Waals surface area contributed by atoms with Gasteiger partial charge in [0.05, 0.1) is 0 Å². The Hall–Kier alpha value is -5.54. The maximum Gasteiger partial charge on any atom is 0.0352 e. The van der Waals surface area contributed by atoms with E-state index in [4.69, 9.17) is 0 Å². The first-order valence-corrected chi connectivity index (χ1v) is 17.2. The van der Waals surface area contributed by atoms with E-state index in [0.29, 0.717) is 0 Å².